The van der Waals surface area contributed by atoms with E-state index >= 15 is 4.39 Å². The average Bonchev–Trinajstić information content (AvgIpc) is 2.86. The van der Waals surface area contributed by atoms with Gasteiger partial charge in [-0.25, -0.2) is 9.18 Å². The Morgan fingerprint density at radius 3 is 2.44 bits per heavy atom. The van der Waals surface area contributed by atoms with Crippen molar-refractivity contribution in [2.24, 2.45) is 11.8 Å². The highest BCUT2D eigenvalue weighted by Crippen LogP contribution is 2.46. The van der Waals surface area contributed by atoms with Gasteiger partial charge in [0.15, 0.2) is 5.78 Å². The van der Waals surface area contributed by atoms with Gasteiger partial charge in [-0.3, -0.25) is 9.59 Å². The van der Waals surface area contributed by atoms with Crippen LogP contribution in [0.5, 0.6) is 5.75 Å². The minimum atomic E-state index is -1.04. The van der Waals surface area contributed by atoms with Gasteiger partial charge >= 0.3 is 11.9 Å². The molecular weight excluding hydrogens is 465 g/mol. The number of Topliss-reactive ketones (excluding diaryl/α,β-unsaturated/α-hetero) is 1. The fourth-order valence-corrected chi connectivity index (χ4v) is 4.86. The Morgan fingerprint density at radius 2 is 1.75 bits per heavy atom. The first-order chi connectivity index (χ1) is 17.3. The quantitative estimate of drug-likeness (QED) is 0.353. The lowest BCUT2D eigenvalue weighted by atomic mass is 9.69. The van der Waals surface area contributed by atoms with E-state index in [1.807, 2.05) is 18.2 Å². The molecule has 188 valence electrons. The number of benzene rings is 2. The van der Waals surface area contributed by atoms with Gasteiger partial charge in [0.1, 0.15) is 30.7 Å². The summed E-state index contributed by atoms with van der Waals surface area (Å²) >= 11 is 0. The van der Waals surface area contributed by atoms with E-state index in [1.54, 1.807) is 32.0 Å². The second kappa shape index (κ2) is 10.8. The number of allylic oxidation sites excluding steroid dienone is 3. The van der Waals surface area contributed by atoms with Crippen LogP contribution in [0.4, 0.5) is 4.39 Å². The number of para-hydroxylation sites is 1. The molecule has 8 heteroatoms. The van der Waals surface area contributed by atoms with Crippen LogP contribution >= 0.6 is 0 Å². The predicted octanol–water partition coefficient (Wildman–Crippen LogP) is 4.06. The molecule has 0 bridgehead atoms. The van der Waals surface area contributed by atoms with Crippen molar-refractivity contribution in [1.29, 1.82) is 0 Å². The Balaban J connectivity index is 1.65. The summed E-state index contributed by atoms with van der Waals surface area (Å²) in [6, 6.07) is 15.1. The number of esters is 2. The zero-order valence-corrected chi connectivity index (χ0v) is 20.4. The maximum Gasteiger partial charge on any atom is 0.336 e. The highest BCUT2D eigenvalue weighted by molar-refractivity contribution is 6.12. The highest BCUT2D eigenvalue weighted by Gasteiger charge is 2.47. The highest BCUT2D eigenvalue weighted by atomic mass is 19.1. The molecule has 4 rings (SSSR count). The number of ketones is 1. The Kier molecular flexibility index (Phi) is 7.52. The van der Waals surface area contributed by atoms with Crippen LogP contribution in [0.15, 0.2) is 77.1 Å². The van der Waals surface area contributed by atoms with Crippen LogP contribution in [0.2, 0.25) is 0 Å². The summed E-state index contributed by atoms with van der Waals surface area (Å²) in [5.41, 5.74) is 1.50. The van der Waals surface area contributed by atoms with Crippen LogP contribution in [0.1, 0.15) is 31.7 Å². The molecule has 3 unspecified atom stereocenters. The van der Waals surface area contributed by atoms with Gasteiger partial charge in [0.25, 0.3) is 0 Å². The first-order valence-electron chi connectivity index (χ1n) is 11.8. The SMILES string of the molecule is COC(=O)C1C(=O)C2=C(CC1C)NC(C)=C(C(=O)OCCOc1ccccc1)C2c1ccccc1F. The molecule has 1 N–H and O–H groups in total. The molecule has 2 aromatic rings. The monoisotopic (exact) mass is 493 g/mol. The van der Waals surface area contributed by atoms with Gasteiger partial charge in [-0.2, -0.15) is 0 Å². The third kappa shape index (κ3) is 4.89. The van der Waals surface area contributed by atoms with Crippen LogP contribution in [-0.2, 0) is 23.9 Å². The zero-order chi connectivity index (χ0) is 25.8. The van der Waals surface area contributed by atoms with E-state index in [9.17, 15) is 14.4 Å². The van der Waals surface area contributed by atoms with E-state index in [1.165, 1.54) is 25.3 Å². The lowest BCUT2D eigenvalue weighted by Gasteiger charge is -2.38. The first kappa shape index (κ1) is 25.2. The number of hydrogen-bond acceptors (Lipinski definition) is 7. The number of carbonyl (C=O) groups is 3. The summed E-state index contributed by atoms with van der Waals surface area (Å²) in [5.74, 6) is -4.16. The number of nitrogens with one attached hydrogen (secondary N) is 1. The molecule has 0 radical (unpaired) electrons. The number of methoxy groups -OCH3 is 1. The molecule has 7 nitrogen and oxygen atoms in total. The Bertz CT molecular complexity index is 1240. The van der Waals surface area contributed by atoms with E-state index in [0.717, 1.165) is 0 Å². The molecule has 0 saturated carbocycles. The standard InChI is InChI=1S/C28H28FNO6/c1-16-15-21-25(26(31)22(16)27(32)34-3)24(19-11-7-8-12-20(19)29)23(17(2)30-21)28(33)36-14-13-35-18-9-5-4-6-10-18/h4-12,16,22,24,30H,13-15H2,1-3H3. The normalized spacial score (nSPS) is 21.4. The van der Waals surface area contributed by atoms with Crippen molar-refractivity contribution in [3.8, 4) is 5.75 Å². The molecular formula is C28H28FNO6. The molecule has 0 spiro atoms. The minimum absolute atomic E-state index is 0.0455. The molecule has 0 fully saturated rings. The van der Waals surface area contributed by atoms with Crippen molar-refractivity contribution in [3.05, 3.63) is 88.5 Å². The Hall–Kier alpha value is -3.94. The summed E-state index contributed by atoms with van der Waals surface area (Å²) in [7, 11) is 1.23. The molecule has 1 aliphatic carbocycles. The molecule has 36 heavy (non-hydrogen) atoms. The molecule has 0 aromatic heterocycles. The van der Waals surface area contributed by atoms with E-state index in [-0.39, 0.29) is 35.8 Å². The van der Waals surface area contributed by atoms with Crippen molar-refractivity contribution in [2.45, 2.75) is 26.2 Å². The number of ether oxygens (including phenoxy) is 3. The maximum absolute atomic E-state index is 15.1. The van der Waals surface area contributed by atoms with E-state index in [0.29, 0.717) is 23.6 Å². The molecule has 3 atom stereocenters. The summed E-state index contributed by atoms with van der Waals surface area (Å²) < 4.78 is 31.0. The van der Waals surface area contributed by atoms with Crippen molar-refractivity contribution in [1.82, 2.24) is 5.32 Å². The van der Waals surface area contributed by atoms with Crippen molar-refractivity contribution in [2.75, 3.05) is 20.3 Å². The number of carbonyl (C=O) groups excluding carboxylic acids is 3. The number of dihydropyridines is 1. The van der Waals surface area contributed by atoms with Crippen molar-refractivity contribution >= 4 is 17.7 Å². The summed E-state index contributed by atoms with van der Waals surface area (Å²) in [6.45, 7) is 3.56. The second-order valence-corrected chi connectivity index (χ2v) is 8.85. The van der Waals surface area contributed by atoms with E-state index < -0.39 is 35.4 Å². The molecule has 1 heterocycles. The maximum atomic E-state index is 15.1. The van der Waals surface area contributed by atoms with Gasteiger partial charge in [-0.1, -0.05) is 43.3 Å². The number of hydrogen-bond donors (Lipinski definition) is 1. The van der Waals surface area contributed by atoms with Gasteiger partial charge < -0.3 is 19.5 Å². The van der Waals surface area contributed by atoms with Crippen LogP contribution in [0.25, 0.3) is 0 Å². The third-order valence-corrected chi connectivity index (χ3v) is 6.51. The first-order valence-corrected chi connectivity index (χ1v) is 11.8. The smallest absolute Gasteiger partial charge is 0.336 e. The van der Waals surface area contributed by atoms with Crippen LogP contribution < -0.4 is 10.1 Å². The van der Waals surface area contributed by atoms with Gasteiger partial charge in [-0.05, 0) is 37.5 Å². The largest absolute Gasteiger partial charge is 0.490 e. The summed E-state index contributed by atoms with van der Waals surface area (Å²) in [4.78, 5) is 39.4. The Labute approximate surface area is 208 Å². The zero-order valence-electron chi connectivity index (χ0n) is 20.4. The predicted molar refractivity (Wildman–Crippen MR) is 129 cm³/mol. The third-order valence-electron chi connectivity index (χ3n) is 6.51. The molecule has 2 aromatic carbocycles. The number of halogens is 1. The van der Waals surface area contributed by atoms with Crippen molar-refractivity contribution in [3.63, 3.8) is 0 Å². The average molecular weight is 494 g/mol. The molecule has 2 aliphatic rings. The van der Waals surface area contributed by atoms with Crippen LogP contribution in [-0.4, -0.2) is 38.0 Å². The lowest BCUT2D eigenvalue weighted by molar-refractivity contribution is -0.151. The number of rotatable bonds is 7. The second-order valence-electron chi connectivity index (χ2n) is 8.85. The molecule has 0 saturated heterocycles. The molecule has 0 amide bonds. The Morgan fingerprint density at radius 1 is 1.06 bits per heavy atom. The summed E-state index contributed by atoms with van der Waals surface area (Å²) in [6.07, 6.45) is 0.371. The lowest BCUT2D eigenvalue weighted by Crippen LogP contribution is -2.43. The van der Waals surface area contributed by atoms with E-state index in [4.69, 9.17) is 14.2 Å². The fourth-order valence-electron chi connectivity index (χ4n) is 4.86. The van der Waals surface area contributed by atoms with Gasteiger partial charge in [0.05, 0.1) is 18.6 Å². The van der Waals surface area contributed by atoms with Crippen molar-refractivity contribution < 1.29 is 33.0 Å². The molecule has 1 aliphatic heterocycles. The van der Waals surface area contributed by atoms with Gasteiger partial charge in [0.2, 0.25) is 0 Å². The van der Waals surface area contributed by atoms with Gasteiger partial charge in [-0.15, -0.1) is 0 Å². The van der Waals surface area contributed by atoms with E-state index in [2.05, 4.69) is 5.32 Å². The minimum Gasteiger partial charge on any atom is -0.490 e. The fraction of sp³-hybridized carbons (Fsp3) is 0.321. The van der Waals surface area contributed by atoms with Crippen LogP contribution in [0, 0.1) is 17.7 Å². The van der Waals surface area contributed by atoms with Crippen LogP contribution in [0.3, 0.4) is 0 Å². The summed E-state index contributed by atoms with van der Waals surface area (Å²) in [5, 5.41) is 3.15. The topological polar surface area (TPSA) is 90.9 Å². The van der Waals surface area contributed by atoms with Gasteiger partial charge in [0, 0.05) is 22.5 Å².